The van der Waals surface area contributed by atoms with E-state index in [4.69, 9.17) is 0 Å². The Balaban J connectivity index is 2.47. The zero-order valence-electron chi connectivity index (χ0n) is 28.8. The lowest BCUT2D eigenvalue weighted by atomic mass is 9.99. The second-order valence-electron chi connectivity index (χ2n) is 11.5. The molecule has 0 aliphatic rings. The van der Waals surface area contributed by atoms with Gasteiger partial charge in [-0.2, -0.15) is 0 Å². The fourth-order valence-electron chi connectivity index (χ4n) is 5.20. The van der Waals surface area contributed by atoms with Crippen LogP contribution >= 0.6 is 11.8 Å². The minimum atomic E-state index is -1.08. The minimum absolute atomic E-state index is 0.0696. The Labute approximate surface area is 289 Å². The number of nitrogens with zero attached hydrogens (tertiary/aromatic N) is 2. The maximum atomic E-state index is 14.3. The topological polar surface area (TPSA) is 94.0 Å². The van der Waals surface area contributed by atoms with E-state index in [9.17, 15) is 23.5 Å². The first-order valence-electron chi connectivity index (χ1n) is 16.3. The summed E-state index contributed by atoms with van der Waals surface area (Å²) in [6, 6.07) is 12.2. The molecule has 0 aliphatic heterocycles. The third-order valence-corrected chi connectivity index (χ3v) is 8.18. The number of rotatable bonds is 19. The van der Waals surface area contributed by atoms with Crippen molar-refractivity contribution in [3.8, 4) is 0 Å². The molecule has 2 amide bonds. The molecule has 0 saturated heterocycles. The van der Waals surface area contributed by atoms with Gasteiger partial charge in [0.2, 0.25) is 0 Å². The van der Waals surface area contributed by atoms with E-state index in [1.54, 1.807) is 30.0 Å². The lowest BCUT2D eigenvalue weighted by Crippen LogP contribution is -2.47. The number of benzene rings is 2. The number of thioether (sulfide) groups is 1. The molecule has 48 heavy (non-hydrogen) atoms. The maximum absolute atomic E-state index is 14.3. The van der Waals surface area contributed by atoms with Gasteiger partial charge in [-0.1, -0.05) is 63.8 Å². The van der Waals surface area contributed by atoms with Gasteiger partial charge in [0.1, 0.15) is 16.7 Å². The summed E-state index contributed by atoms with van der Waals surface area (Å²) in [4.78, 5) is 33.6. The van der Waals surface area contributed by atoms with Crippen LogP contribution < -0.4 is 10.6 Å². The third kappa shape index (κ3) is 13.3. The van der Waals surface area contributed by atoms with Gasteiger partial charge < -0.3 is 20.6 Å². The normalized spacial score (nSPS) is 13.5. The summed E-state index contributed by atoms with van der Waals surface area (Å²) in [5.41, 5.74) is 3.84. The molecule has 0 saturated carbocycles. The Hall–Kier alpha value is -3.86. The predicted octanol–water partition coefficient (Wildman–Crippen LogP) is 7.69. The lowest BCUT2D eigenvalue weighted by Gasteiger charge is -2.26. The van der Waals surface area contributed by atoms with E-state index in [1.807, 2.05) is 32.2 Å². The fourth-order valence-corrected chi connectivity index (χ4v) is 5.74. The van der Waals surface area contributed by atoms with Crippen molar-refractivity contribution in [2.24, 2.45) is 4.99 Å². The SMILES string of the molecule is C=CN=C(SC)c1cc(C(=O)N[C@@H](C/C(C)=C/C(F)=C\C(=C)F)[C@H](O)CNCc2cccc(CC)c2)cc(C(=O)N(CCC)CCC)c1. The Bertz CT molecular complexity index is 1500. The highest BCUT2D eigenvalue weighted by atomic mass is 32.2. The Kier molecular flexibility index (Phi) is 17.8. The Morgan fingerprint density at radius 1 is 1.02 bits per heavy atom. The van der Waals surface area contributed by atoms with E-state index in [2.05, 4.69) is 47.8 Å². The number of aliphatic imine (C=N–C) groups is 1. The lowest BCUT2D eigenvalue weighted by molar-refractivity contribution is 0.0755. The van der Waals surface area contributed by atoms with Crippen LogP contribution in [-0.4, -0.2) is 64.9 Å². The van der Waals surface area contributed by atoms with Crippen LogP contribution in [0.4, 0.5) is 8.78 Å². The van der Waals surface area contributed by atoms with Gasteiger partial charge in [0.05, 0.1) is 12.1 Å². The predicted molar refractivity (Wildman–Crippen MR) is 196 cm³/mol. The van der Waals surface area contributed by atoms with Gasteiger partial charge in [-0.15, -0.1) is 11.8 Å². The van der Waals surface area contributed by atoms with E-state index in [1.165, 1.54) is 23.5 Å². The monoisotopic (exact) mass is 680 g/mol. The summed E-state index contributed by atoms with van der Waals surface area (Å²) in [6.45, 7) is 16.2. The van der Waals surface area contributed by atoms with E-state index < -0.39 is 29.7 Å². The molecule has 0 radical (unpaired) electrons. The summed E-state index contributed by atoms with van der Waals surface area (Å²) in [5, 5.41) is 18.1. The van der Waals surface area contributed by atoms with Gasteiger partial charge in [0, 0.05) is 55.1 Å². The van der Waals surface area contributed by atoms with Crippen molar-refractivity contribution in [3.63, 3.8) is 0 Å². The third-order valence-electron chi connectivity index (χ3n) is 7.45. The first kappa shape index (κ1) is 40.3. The second kappa shape index (κ2) is 21.2. The molecule has 0 unspecified atom stereocenters. The van der Waals surface area contributed by atoms with Crippen LogP contribution in [0.2, 0.25) is 0 Å². The van der Waals surface area contributed by atoms with Crippen molar-refractivity contribution in [2.45, 2.75) is 72.1 Å². The van der Waals surface area contributed by atoms with Crippen LogP contribution in [0.5, 0.6) is 0 Å². The van der Waals surface area contributed by atoms with Crippen molar-refractivity contribution in [3.05, 3.63) is 119 Å². The number of halogens is 2. The molecular formula is C38H50F2N4O3S. The number of aryl methyl sites for hydroxylation is 1. The number of amides is 2. The molecule has 0 fully saturated rings. The van der Waals surface area contributed by atoms with Crippen LogP contribution in [0.1, 0.15) is 84.4 Å². The van der Waals surface area contributed by atoms with Crippen molar-refractivity contribution >= 4 is 28.6 Å². The average molecular weight is 681 g/mol. The van der Waals surface area contributed by atoms with Gasteiger partial charge in [0.15, 0.2) is 0 Å². The molecule has 0 spiro atoms. The van der Waals surface area contributed by atoms with Crippen molar-refractivity contribution in [2.75, 3.05) is 25.9 Å². The molecule has 10 heteroatoms. The van der Waals surface area contributed by atoms with Gasteiger partial charge in [-0.05, 0) is 74.3 Å². The van der Waals surface area contributed by atoms with Gasteiger partial charge in [0.25, 0.3) is 11.8 Å². The molecule has 0 aromatic heterocycles. The van der Waals surface area contributed by atoms with E-state index in [0.29, 0.717) is 47.5 Å². The number of carbonyl (C=O) groups is 2. The molecular weight excluding hydrogens is 631 g/mol. The summed E-state index contributed by atoms with van der Waals surface area (Å²) in [5.74, 6) is -2.48. The van der Waals surface area contributed by atoms with Gasteiger partial charge in [-0.3, -0.25) is 9.59 Å². The van der Waals surface area contributed by atoms with Gasteiger partial charge in [-0.25, -0.2) is 13.8 Å². The molecule has 260 valence electrons. The molecule has 0 aliphatic carbocycles. The molecule has 0 bridgehead atoms. The molecule has 2 aromatic carbocycles. The maximum Gasteiger partial charge on any atom is 0.253 e. The smallest absolute Gasteiger partial charge is 0.253 e. The molecule has 2 rings (SSSR count). The van der Waals surface area contributed by atoms with E-state index in [-0.39, 0.29) is 24.4 Å². The first-order chi connectivity index (χ1) is 22.9. The highest BCUT2D eigenvalue weighted by Gasteiger charge is 2.25. The second-order valence-corrected chi connectivity index (χ2v) is 12.3. The minimum Gasteiger partial charge on any atom is -0.390 e. The van der Waals surface area contributed by atoms with Crippen LogP contribution in [0.15, 0.2) is 96.2 Å². The van der Waals surface area contributed by atoms with E-state index >= 15 is 0 Å². The van der Waals surface area contributed by atoms with Crippen molar-refractivity contribution in [1.82, 2.24) is 15.5 Å². The summed E-state index contributed by atoms with van der Waals surface area (Å²) in [7, 11) is 0. The molecule has 7 nitrogen and oxygen atoms in total. The van der Waals surface area contributed by atoms with Crippen molar-refractivity contribution < 1.29 is 23.5 Å². The van der Waals surface area contributed by atoms with Gasteiger partial charge >= 0.3 is 0 Å². The zero-order valence-corrected chi connectivity index (χ0v) is 29.6. The number of aliphatic hydroxyl groups excluding tert-OH is 1. The average Bonchev–Trinajstić information content (AvgIpc) is 3.05. The van der Waals surface area contributed by atoms with E-state index in [0.717, 1.165) is 30.9 Å². The largest absolute Gasteiger partial charge is 0.390 e. The highest BCUT2D eigenvalue weighted by Crippen LogP contribution is 2.20. The summed E-state index contributed by atoms with van der Waals surface area (Å²) in [6.07, 6.45) is 6.52. The van der Waals surface area contributed by atoms with Crippen molar-refractivity contribution in [1.29, 1.82) is 0 Å². The molecule has 3 N–H and O–H groups in total. The number of aliphatic hydroxyl groups is 1. The van der Waals surface area contributed by atoms with Crippen LogP contribution in [0, 0.1) is 0 Å². The number of hydrogen-bond donors (Lipinski definition) is 3. The quantitative estimate of drug-likeness (QED) is 0.0804. The highest BCUT2D eigenvalue weighted by molar-refractivity contribution is 8.13. The van der Waals surface area contributed by atoms with Crippen LogP contribution in [0.3, 0.4) is 0 Å². The number of hydrogen-bond acceptors (Lipinski definition) is 6. The molecule has 2 atom stereocenters. The Morgan fingerprint density at radius 2 is 1.67 bits per heavy atom. The number of carbonyl (C=O) groups excluding carboxylic acids is 2. The fraction of sp³-hybridized carbons (Fsp3) is 0.395. The standard InChI is InChI=1S/C38H50F2N4O3S/c1-8-15-44(16-9-2)38(47)32-22-30(21-31(23-32)37(48-7)42-11-4)36(46)43-34(18-26(5)17-33(40)19-27(6)39)35(45)25-41-24-29-14-12-13-28(10-3)20-29/h11-14,17,19-23,34-35,41,45H,4,6,8-10,15-16,18,24-25H2,1-3,5,7H3,(H,43,46)/b26-17+,33-19+,42-37?/t34-,35+/m0/s1. The zero-order chi connectivity index (χ0) is 35.6. The van der Waals surface area contributed by atoms with Crippen LogP contribution in [0.25, 0.3) is 0 Å². The van der Waals surface area contributed by atoms with Crippen LogP contribution in [-0.2, 0) is 13.0 Å². The molecule has 0 heterocycles. The molecule has 2 aromatic rings. The number of nitrogens with one attached hydrogen (secondary N) is 2. The Morgan fingerprint density at radius 3 is 2.27 bits per heavy atom. The summed E-state index contributed by atoms with van der Waals surface area (Å²) >= 11 is 1.36. The summed E-state index contributed by atoms with van der Waals surface area (Å²) < 4.78 is 27.5. The number of allylic oxidation sites excluding steroid dienone is 4. The first-order valence-corrected chi connectivity index (χ1v) is 17.5.